The predicted molar refractivity (Wildman–Crippen MR) is 76.2 cm³/mol. The minimum atomic E-state index is -1.56. The summed E-state index contributed by atoms with van der Waals surface area (Å²) in [6.07, 6.45) is -5.06. The fraction of sp³-hybridized carbons (Fsp3) is 0.714. The van der Waals surface area contributed by atoms with Gasteiger partial charge in [-0.1, -0.05) is 0 Å². The minimum absolute atomic E-state index is 0.338. The standard InChI is InChI=1S/C14H21NO9/c1-6(16)15-11-13(23-9(4)19)12(22-8(3)18)10(24-14(11)20)5-21-7(2)17/h10-14,20H,5H2,1-4H3,(H,15,16)/t10?,11?,12-,13?,14-/m1/s1. The average molecular weight is 347 g/mol. The van der Waals surface area contributed by atoms with E-state index < -0.39 is 54.5 Å². The number of hydrogen-bond donors (Lipinski definition) is 2. The molecule has 1 rings (SSSR count). The quantitative estimate of drug-likeness (QED) is 0.456. The Morgan fingerprint density at radius 2 is 1.50 bits per heavy atom. The summed E-state index contributed by atoms with van der Waals surface area (Å²) in [5, 5.41) is 12.5. The molecule has 10 nitrogen and oxygen atoms in total. The van der Waals surface area contributed by atoms with Crippen LogP contribution in [-0.4, -0.2) is 66.2 Å². The number of aliphatic hydroxyl groups is 1. The highest BCUT2D eigenvalue weighted by atomic mass is 16.7. The molecule has 5 atom stereocenters. The number of carbonyl (C=O) groups excluding carboxylic acids is 4. The van der Waals surface area contributed by atoms with E-state index in [1.54, 1.807) is 0 Å². The zero-order valence-corrected chi connectivity index (χ0v) is 13.8. The molecular weight excluding hydrogens is 326 g/mol. The number of aliphatic hydroxyl groups excluding tert-OH is 1. The Hall–Kier alpha value is -2.20. The van der Waals surface area contributed by atoms with Crippen LogP contribution in [0.4, 0.5) is 0 Å². The van der Waals surface area contributed by atoms with Gasteiger partial charge in [-0.25, -0.2) is 0 Å². The van der Waals surface area contributed by atoms with Crippen molar-refractivity contribution < 1.29 is 43.2 Å². The fourth-order valence-electron chi connectivity index (χ4n) is 2.31. The molecule has 0 aromatic heterocycles. The van der Waals surface area contributed by atoms with Gasteiger partial charge < -0.3 is 29.4 Å². The molecule has 1 aliphatic heterocycles. The van der Waals surface area contributed by atoms with Gasteiger partial charge >= 0.3 is 17.9 Å². The van der Waals surface area contributed by atoms with Gasteiger partial charge in [-0.3, -0.25) is 19.2 Å². The number of rotatable bonds is 5. The minimum Gasteiger partial charge on any atom is -0.463 e. The summed E-state index contributed by atoms with van der Waals surface area (Å²) in [6, 6.07) is -1.16. The molecule has 136 valence electrons. The van der Waals surface area contributed by atoms with Crippen molar-refractivity contribution in [2.24, 2.45) is 0 Å². The molecule has 1 amide bonds. The van der Waals surface area contributed by atoms with Gasteiger partial charge in [0.2, 0.25) is 5.91 Å². The molecule has 2 N–H and O–H groups in total. The molecule has 1 saturated heterocycles. The van der Waals surface area contributed by atoms with Crippen molar-refractivity contribution in [1.82, 2.24) is 5.32 Å². The van der Waals surface area contributed by atoms with Crippen LogP contribution in [0.25, 0.3) is 0 Å². The van der Waals surface area contributed by atoms with Gasteiger partial charge in [-0.2, -0.15) is 0 Å². The van der Waals surface area contributed by atoms with Crippen molar-refractivity contribution in [2.45, 2.75) is 58.3 Å². The lowest BCUT2D eigenvalue weighted by molar-refractivity contribution is -0.264. The number of hydrogen-bond acceptors (Lipinski definition) is 9. The van der Waals surface area contributed by atoms with E-state index in [9.17, 15) is 24.3 Å². The highest BCUT2D eigenvalue weighted by Crippen LogP contribution is 2.26. The second kappa shape index (κ2) is 8.60. The topological polar surface area (TPSA) is 137 Å². The summed E-state index contributed by atoms with van der Waals surface area (Å²) in [5.41, 5.74) is 0. The average Bonchev–Trinajstić information content (AvgIpc) is 2.42. The van der Waals surface area contributed by atoms with Crippen molar-refractivity contribution in [3.05, 3.63) is 0 Å². The van der Waals surface area contributed by atoms with Crippen LogP contribution in [0.2, 0.25) is 0 Å². The smallest absolute Gasteiger partial charge is 0.303 e. The van der Waals surface area contributed by atoms with Crippen LogP contribution in [0.15, 0.2) is 0 Å². The van der Waals surface area contributed by atoms with Crippen molar-refractivity contribution >= 4 is 23.8 Å². The predicted octanol–water partition coefficient (Wildman–Crippen LogP) is -1.37. The summed E-state index contributed by atoms with van der Waals surface area (Å²) >= 11 is 0. The number of ether oxygens (including phenoxy) is 4. The lowest BCUT2D eigenvalue weighted by atomic mass is 9.96. The normalized spacial score (nSPS) is 29.3. The number of amides is 1. The van der Waals surface area contributed by atoms with Crippen LogP contribution in [0.1, 0.15) is 27.7 Å². The maximum atomic E-state index is 11.4. The van der Waals surface area contributed by atoms with Crippen LogP contribution in [-0.2, 0) is 38.1 Å². The third kappa shape index (κ3) is 5.78. The van der Waals surface area contributed by atoms with Gasteiger partial charge in [0.05, 0.1) is 0 Å². The second-order valence-electron chi connectivity index (χ2n) is 5.24. The third-order valence-corrected chi connectivity index (χ3v) is 3.09. The van der Waals surface area contributed by atoms with E-state index in [4.69, 9.17) is 18.9 Å². The van der Waals surface area contributed by atoms with E-state index in [0.29, 0.717) is 0 Å². The van der Waals surface area contributed by atoms with Crippen molar-refractivity contribution in [3.8, 4) is 0 Å². The molecule has 0 spiro atoms. The molecule has 10 heteroatoms. The molecule has 1 fully saturated rings. The van der Waals surface area contributed by atoms with Crippen LogP contribution in [0.5, 0.6) is 0 Å². The molecule has 0 aromatic carbocycles. The zero-order valence-electron chi connectivity index (χ0n) is 13.8. The Bertz CT molecular complexity index is 506. The molecule has 3 unspecified atom stereocenters. The molecule has 24 heavy (non-hydrogen) atoms. The maximum Gasteiger partial charge on any atom is 0.303 e. The van der Waals surface area contributed by atoms with E-state index in [-0.39, 0.29) is 6.61 Å². The molecule has 0 radical (unpaired) electrons. The van der Waals surface area contributed by atoms with E-state index in [1.165, 1.54) is 13.8 Å². The Balaban J connectivity index is 3.11. The highest BCUT2D eigenvalue weighted by Gasteiger charge is 2.50. The Kier molecular flexibility index (Phi) is 7.11. The van der Waals surface area contributed by atoms with Crippen LogP contribution in [0, 0.1) is 0 Å². The van der Waals surface area contributed by atoms with Crippen LogP contribution >= 0.6 is 0 Å². The number of nitrogens with one attached hydrogen (secondary N) is 1. The molecule has 1 aliphatic rings. The SMILES string of the molecule is CC(=O)NC1C(OC(C)=O)[C@H](OC(C)=O)C(COC(C)=O)O[C@H]1O. The van der Waals surface area contributed by atoms with Gasteiger partial charge in [0.25, 0.3) is 0 Å². The summed E-state index contributed by atoms with van der Waals surface area (Å²) in [6.45, 7) is 4.28. The molecule has 0 aliphatic carbocycles. The summed E-state index contributed by atoms with van der Waals surface area (Å²) in [7, 11) is 0. The first kappa shape index (κ1) is 19.8. The van der Waals surface area contributed by atoms with E-state index >= 15 is 0 Å². The Morgan fingerprint density at radius 3 is 1.96 bits per heavy atom. The maximum absolute atomic E-state index is 11.4. The first-order valence-electron chi connectivity index (χ1n) is 7.20. The van der Waals surface area contributed by atoms with Gasteiger partial charge in [-0.15, -0.1) is 0 Å². The first-order valence-corrected chi connectivity index (χ1v) is 7.20. The molecule has 1 heterocycles. The first-order chi connectivity index (χ1) is 11.1. The van der Waals surface area contributed by atoms with E-state index in [2.05, 4.69) is 5.32 Å². The lowest BCUT2D eigenvalue weighted by Crippen LogP contribution is -2.66. The van der Waals surface area contributed by atoms with Crippen molar-refractivity contribution in [3.63, 3.8) is 0 Å². The summed E-state index contributed by atoms with van der Waals surface area (Å²) in [4.78, 5) is 45.0. The summed E-state index contributed by atoms with van der Waals surface area (Å²) < 4.78 is 20.3. The van der Waals surface area contributed by atoms with Gasteiger partial charge in [0.15, 0.2) is 18.5 Å². The van der Waals surface area contributed by atoms with E-state index in [0.717, 1.165) is 13.8 Å². The Labute approximate surface area is 138 Å². The third-order valence-electron chi connectivity index (χ3n) is 3.09. The monoisotopic (exact) mass is 347 g/mol. The molecule has 0 bridgehead atoms. The summed E-state index contributed by atoms with van der Waals surface area (Å²) in [5.74, 6) is -2.54. The van der Waals surface area contributed by atoms with Crippen LogP contribution < -0.4 is 5.32 Å². The fourth-order valence-corrected chi connectivity index (χ4v) is 2.31. The van der Waals surface area contributed by atoms with Gasteiger partial charge in [0.1, 0.15) is 18.8 Å². The van der Waals surface area contributed by atoms with Gasteiger partial charge in [0, 0.05) is 27.7 Å². The molecular formula is C14H21NO9. The van der Waals surface area contributed by atoms with Gasteiger partial charge in [-0.05, 0) is 0 Å². The highest BCUT2D eigenvalue weighted by molar-refractivity contribution is 5.73. The largest absolute Gasteiger partial charge is 0.463 e. The van der Waals surface area contributed by atoms with E-state index in [1.807, 2.05) is 0 Å². The number of carbonyl (C=O) groups is 4. The number of esters is 3. The van der Waals surface area contributed by atoms with Crippen LogP contribution in [0.3, 0.4) is 0 Å². The van der Waals surface area contributed by atoms with Crippen molar-refractivity contribution in [2.75, 3.05) is 6.61 Å². The second-order valence-corrected chi connectivity index (χ2v) is 5.24. The zero-order chi connectivity index (χ0) is 18.4. The lowest BCUT2D eigenvalue weighted by Gasteiger charge is -2.43. The molecule has 0 saturated carbocycles. The van der Waals surface area contributed by atoms with Crippen molar-refractivity contribution in [1.29, 1.82) is 0 Å². The Morgan fingerprint density at radius 1 is 0.958 bits per heavy atom. The molecule has 0 aromatic rings.